The molecule has 1 aromatic carbocycles. The molecule has 0 aliphatic carbocycles. The number of hydrogen-bond acceptors (Lipinski definition) is 4. The molecular weight excluding hydrogens is 362 g/mol. The maximum Gasteiger partial charge on any atom is 0.191 e. The molecule has 1 heterocycles. The molecule has 0 saturated carbocycles. The van der Waals surface area contributed by atoms with Crippen LogP contribution in [0.25, 0.3) is 0 Å². The molecule has 1 saturated heterocycles. The van der Waals surface area contributed by atoms with Crippen molar-refractivity contribution in [1.29, 1.82) is 0 Å². The first-order valence-electron chi connectivity index (χ1n) is 11.2. The second-order valence-electron chi connectivity index (χ2n) is 8.24. The van der Waals surface area contributed by atoms with Gasteiger partial charge in [0.1, 0.15) is 5.75 Å². The first-order valence-corrected chi connectivity index (χ1v) is 11.2. The topological polar surface area (TPSA) is 52.1 Å². The van der Waals surface area contributed by atoms with Crippen LogP contribution in [0.4, 0.5) is 0 Å². The quantitative estimate of drug-likeness (QED) is 0.465. The van der Waals surface area contributed by atoms with Crippen LogP contribution in [0.2, 0.25) is 0 Å². The Morgan fingerprint density at radius 2 is 1.93 bits per heavy atom. The van der Waals surface area contributed by atoms with Gasteiger partial charge in [0.2, 0.25) is 0 Å². The van der Waals surface area contributed by atoms with Crippen LogP contribution in [0.15, 0.2) is 23.2 Å². The summed E-state index contributed by atoms with van der Waals surface area (Å²) in [4.78, 5) is 9.78. The molecule has 6 nitrogen and oxygen atoms in total. The number of rotatable bonds is 10. The van der Waals surface area contributed by atoms with Crippen LogP contribution in [-0.4, -0.2) is 75.2 Å². The zero-order valence-corrected chi connectivity index (χ0v) is 19.1. The Bertz CT molecular complexity index is 626. The molecule has 1 unspecified atom stereocenters. The normalized spacial score (nSPS) is 17.2. The third kappa shape index (κ3) is 8.62. The van der Waals surface area contributed by atoms with Crippen molar-refractivity contribution in [3.63, 3.8) is 0 Å². The number of hydrogen-bond donors (Lipinski definition) is 2. The Labute approximate surface area is 177 Å². The predicted molar refractivity (Wildman–Crippen MR) is 123 cm³/mol. The number of aliphatic imine (C=N–C) groups is 1. The van der Waals surface area contributed by atoms with E-state index in [1.54, 1.807) is 0 Å². The zero-order valence-electron chi connectivity index (χ0n) is 19.1. The van der Waals surface area contributed by atoms with Gasteiger partial charge in [-0.1, -0.05) is 26.0 Å². The number of nitrogens with zero attached hydrogens (tertiary/aromatic N) is 3. The number of guanidine groups is 1. The van der Waals surface area contributed by atoms with E-state index in [1.165, 1.54) is 31.7 Å². The lowest BCUT2D eigenvalue weighted by molar-refractivity contribution is 0.139. The average Bonchev–Trinajstić information content (AvgIpc) is 2.71. The Morgan fingerprint density at radius 3 is 2.62 bits per heavy atom. The molecule has 2 N–H and O–H groups in total. The molecule has 0 aromatic heterocycles. The van der Waals surface area contributed by atoms with Crippen LogP contribution in [0.1, 0.15) is 38.3 Å². The van der Waals surface area contributed by atoms with E-state index in [4.69, 9.17) is 9.73 Å². The van der Waals surface area contributed by atoms with Crippen molar-refractivity contribution >= 4 is 5.96 Å². The summed E-state index contributed by atoms with van der Waals surface area (Å²) in [5.74, 6) is 2.40. The van der Waals surface area contributed by atoms with Crippen LogP contribution in [0, 0.1) is 12.8 Å². The lowest BCUT2D eigenvalue weighted by Gasteiger charge is -2.34. The highest BCUT2D eigenvalue weighted by atomic mass is 16.5. The van der Waals surface area contributed by atoms with Gasteiger partial charge in [0.25, 0.3) is 0 Å². The van der Waals surface area contributed by atoms with E-state index in [9.17, 15) is 0 Å². The van der Waals surface area contributed by atoms with Gasteiger partial charge in [-0.3, -0.25) is 0 Å². The van der Waals surface area contributed by atoms with Gasteiger partial charge in [-0.2, -0.15) is 0 Å². The van der Waals surface area contributed by atoms with E-state index in [1.807, 2.05) is 0 Å². The number of nitrogens with one attached hydrogen (secondary N) is 2. The van der Waals surface area contributed by atoms with Crippen molar-refractivity contribution in [3.8, 4) is 5.75 Å². The first-order chi connectivity index (χ1) is 14.0. The third-order valence-corrected chi connectivity index (χ3v) is 5.22. The van der Waals surface area contributed by atoms with Crippen molar-refractivity contribution in [2.45, 2.75) is 40.7 Å². The summed E-state index contributed by atoms with van der Waals surface area (Å²) in [6, 6.07) is 6.37. The van der Waals surface area contributed by atoms with Gasteiger partial charge in [-0.15, -0.1) is 0 Å². The highest BCUT2D eigenvalue weighted by Crippen LogP contribution is 2.21. The summed E-state index contributed by atoms with van der Waals surface area (Å²) in [7, 11) is 2.20. The molecule has 6 heteroatoms. The molecule has 164 valence electrons. The molecule has 1 atom stereocenters. The van der Waals surface area contributed by atoms with E-state index in [2.05, 4.69) is 73.4 Å². The van der Waals surface area contributed by atoms with Crippen molar-refractivity contribution in [1.82, 2.24) is 20.4 Å². The second-order valence-corrected chi connectivity index (χ2v) is 8.24. The molecule has 0 radical (unpaired) electrons. The average molecular weight is 404 g/mol. The lowest BCUT2D eigenvalue weighted by atomic mass is 10.1. The summed E-state index contributed by atoms with van der Waals surface area (Å²) in [6.07, 6.45) is 1.01. The minimum Gasteiger partial charge on any atom is -0.493 e. The van der Waals surface area contributed by atoms with Crippen molar-refractivity contribution in [2.75, 3.05) is 59.5 Å². The zero-order chi connectivity index (χ0) is 21.1. The third-order valence-electron chi connectivity index (χ3n) is 5.22. The maximum absolute atomic E-state index is 5.93. The largest absolute Gasteiger partial charge is 0.493 e. The molecular formula is C23H41N5O. The van der Waals surface area contributed by atoms with Gasteiger partial charge in [0, 0.05) is 51.4 Å². The fourth-order valence-electron chi connectivity index (χ4n) is 3.45. The second kappa shape index (κ2) is 12.7. The number of likely N-dealkylation sites (N-methyl/N-ethyl adjacent to an activating group) is 1. The molecule has 0 amide bonds. The van der Waals surface area contributed by atoms with Gasteiger partial charge >= 0.3 is 0 Å². The van der Waals surface area contributed by atoms with Gasteiger partial charge in [-0.25, -0.2) is 4.99 Å². The number of aryl methyl sites for hydroxylation is 1. The summed E-state index contributed by atoms with van der Waals surface area (Å²) >= 11 is 0. The Morgan fingerprint density at radius 1 is 1.17 bits per heavy atom. The molecule has 0 bridgehead atoms. The van der Waals surface area contributed by atoms with Crippen LogP contribution in [0.3, 0.4) is 0 Å². The molecule has 1 aromatic rings. The van der Waals surface area contributed by atoms with Gasteiger partial charge in [0.15, 0.2) is 5.96 Å². The Balaban J connectivity index is 1.89. The van der Waals surface area contributed by atoms with Gasteiger partial charge in [0.05, 0.1) is 13.2 Å². The van der Waals surface area contributed by atoms with Crippen LogP contribution in [0.5, 0.6) is 5.75 Å². The van der Waals surface area contributed by atoms with E-state index < -0.39 is 0 Å². The van der Waals surface area contributed by atoms with E-state index in [-0.39, 0.29) is 0 Å². The van der Waals surface area contributed by atoms with E-state index in [0.29, 0.717) is 12.5 Å². The molecule has 0 spiro atoms. The molecule has 2 rings (SSSR count). The number of ether oxygens (including phenoxy) is 1. The van der Waals surface area contributed by atoms with E-state index >= 15 is 0 Å². The van der Waals surface area contributed by atoms with Crippen molar-refractivity contribution < 1.29 is 4.74 Å². The summed E-state index contributed by atoms with van der Waals surface area (Å²) < 4.78 is 5.93. The van der Waals surface area contributed by atoms with Crippen LogP contribution in [-0.2, 0) is 6.54 Å². The maximum atomic E-state index is 5.93. The van der Waals surface area contributed by atoms with Crippen LogP contribution >= 0.6 is 0 Å². The minimum atomic E-state index is 0.574. The summed E-state index contributed by atoms with van der Waals surface area (Å²) in [5.41, 5.74) is 2.35. The van der Waals surface area contributed by atoms with Crippen molar-refractivity contribution in [2.24, 2.45) is 10.9 Å². The van der Waals surface area contributed by atoms with Gasteiger partial charge in [-0.05, 0) is 44.9 Å². The highest BCUT2D eigenvalue weighted by molar-refractivity contribution is 5.79. The fraction of sp³-hybridized carbons (Fsp3) is 0.696. The van der Waals surface area contributed by atoms with Crippen molar-refractivity contribution in [3.05, 3.63) is 29.3 Å². The summed E-state index contributed by atoms with van der Waals surface area (Å²) in [6.45, 7) is 17.6. The molecule has 29 heavy (non-hydrogen) atoms. The molecule has 1 fully saturated rings. The predicted octanol–water partition coefficient (Wildman–Crippen LogP) is 2.72. The number of piperazine rings is 1. The van der Waals surface area contributed by atoms with E-state index in [0.717, 1.165) is 49.9 Å². The Hall–Kier alpha value is -1.79. The summed E-state index contributed by atoms with van der Waals surface area (Å²) in [5, 5.41) is 6.89. The standard InChI is InChI=1S/C23H41N5O/c1-6-14-29-22-15-19(3)8-9-21(22)17-26-23(24-7-2)25-16-20(4)18-28-12-10-27(5)11-13-28/h8-9,15,20H,6-7,10-14,16-18H2,1-5H3,(H2,24,25,26). The molecule has 1 aliphatic rings. The van der Waals surface area contributed by atoms with Crippen LogP contribution < -0.4 is 15.4 Å². The number of benzene rings is 1. The first kappa shape index (κ1) is 23.5. The smallest absolute Gasteiger partial charge is 0.191 e. The minimum absolute atomic E-state index is 0.574. The monoisotopic (exact) mass is 403 g/mol. The molecule has 1 aliphatic heterocycles. The Kier molecular flexibility index (Phi) is 10.3. The van der Waals surface area contributed by atoms with Gasteiger partial charge < -0.3 is 25.2 Å². The fourth-order valence-corrected chi connectivity index (χ4v) is 3.45. The lowest BCUT2D eigenvalue weighted by Crippen LogP contribution is -2.47. The highest BCUT2D eigenvalue weighted by Gasteiger charge is 2.16. The SMILES string of the molecule is CCCOc1cc(C)ccc1CN=C(NCC)NCC(C)CN1CCN(C)CC1.